The largest absolute Gasteiger partial charge is 0.444 e. The number of amides is 1. The third-order valence-corrected chi connectivity index (χ3v) is 3.49. The topological polar surface area (TPSA) is 51.5 Å². The Balaban J connectivity index is 1.88. The molecule has 0 aliphatic heterocycles. The summed E-state index contributed by atoms with van der Waals surface area (Å²) >= 11 is 3.16. The fraction of sp³-hybridized carbons (Fsp3) is 0.545. The van der Waals surface area contributed by atoms with E-state index >= 15 is 0 Å². The molecule has 0 bridgehead atoms. The lowest BCUT2D eigenvalue weighted by Gasteiger charge is -2.40. The molecule has 0 saturated heterocycles. The normalized spacial score (nSPS) is 17.9. The van der Waals surface area contributed by atoms with Crippen LogP contribution in [0.5, 0.6) is 0 Å². The van der Waals surface area contributed by atoms with E-state index in [1.807, 2.05) is 0 Å². The van der Waals surface area contributed by atoms with E-state index in [1.54, 1.807) is 19.2 Å². The molecule has 1 aliphatic rings. The van der Waals surface area contributed by atoms with Gasteiger partial charge in [-0.15, -0.1) is 0 Å². The molecule has 0 unspecified atom stereocenters. The Morgan fingerprint density at radius 2 is 2.38 bits per heavy atom. The first-order valence-corrected chi connectivity index (χ1v) is 6.03. The zero-order valence-corrected chi connectivity index (χ0v) is 10.7. The number of rotatable bonds is 4. The Morgan fingerprint density at radius 1 is 1.62 bits per heavy atom. The molecular weight excluding hydrogens is 274 g/mol. The first-order valence-electron chi connectivity index (χ1n) is 5.24. The third kappa shape index (κ3) is 2.30. The van der Waals surface area contributed by atoms with Crippen LogP contribution in [-0.4, -0.2) is 25.2 Å². The maximum absolute atomic E-state index is 11.7. The van der Waals surface area contributed by atoms with Gasteiger partial charge in [0.05, 0.1) is 5.60 Å². The molecule has 0 aromatic carbocycles. The summed E-state index contributed by atoms with van der Waals surface area (Å²) in [6.45, 7) is 0.542. The van der Waals surface area contributed by atoms with Crippen LogP contribution in [-0.2, 0) is 4.74 Å². The van der Waals surface area contributed by atoms with Crippen LogP contribution >= 0.6 is 15.9 Å². The smallest absolute Gasteiger partial charge is 0.287 e. The summed E-state index contributed by atoms with van der Waals surface area (Å²) in [6, 6.07) is 3.34. The van der Waals surface area contributed by atoms with Crippen LogP contribution in [0, 0.1) is 0 Å². The Hall–Kier alpha value is -0.810. The second-order valence-electron chi connectivity index (χ2n) is 4.03. The van der Waals surface area contributed by atoms with E-state index in [2.05, 4.69) is 21.2 Å². The molecule has 0 atom stereocenters. The second kappa shape index (κ2) is 4.59. The van der Waals surface area contributed by atoms with Crippen LogP contribution in [0.15, 0.2) is 21.2 Å². The van der Waals surface area contributed by atoms with E-state index in [0.717, 1.165) is 19.3 Å². The lowest BCUT2D eigenvalue weighted by molar-refractivity contribution is -0.0680. The predicted octanol–water partition coefficient (Wildman–Crippen LogP) is 2.34. The number of ether oxygens (including phenoxy) is 1. The van der Waals surface area contributed by atoms with Crippen LogP contribution in [0.2, 0.25) is 0 Å². The van der Waals surface area contributed by atoms with E-state index in [0.29, 0.717) is 17.0 Å². The van der Waals surface area contributed by atoms with E-state index < -0.39 is 0 Å². The maximum Gasteiger partial charge on any atom is 0.287 e. The molecule has 88 valence electrons. The van der Waals surface area contributed by atoms with Gasteiger partial charge in [0, 0.05) is 13.7 Å². The monoisotopic (exact) mass is 287 g/mol. The van der Waals surface area contributed by atoms with Gasteiger partial charge in [0.1, 0.15) is 0 Å². The van der Waals surface area contributed by atoms with E-state index in [-0.39, 0.29) is 11.5 Å². The molecule has 1 heterocycles. The Morgan fingerprint density at radius 3 is 2.81 bits per heavy atom. The molecule has 0 radical (unpaired) electrons. The number of carbonyl (C=O) groups is 1. The highest BCUT2D eigenvalue weighted by Gasteiger charge is 2.37. The fourth-order valence-electron chi connectivity index (χ4n) is 1.79. The number of nitrogens with one attached hydrogen (secondary N) is 1. The number of hydrogen-bond donors (Lipinski definition) is 1. The Bertz CT molecular complexity index is 379. The summed E-state index contributed by atoms with van der Waals surface area (Å²) in [5.41, 5.74) is -0.153. The minimum Gasteiger partial charge on any atom is -0.444 e. The van der Waals surface area contributed by atoms with Gasteiger partial charge in [-0.1, -0.05) is 0 Å². The number of furan rings is 1. The van der Waals surface area contributed by atoms with E-state index in [9.17, 15) is 4.79 Å². The Labute approximate surface area is 102 Å². The van der Waals surface area contributed by atoms with E-state index in [1.165, 1.54) is 0 Å². The summed E-state index contributed by atoms with van der Waals surface area (Å²) in [7, 11) is 1.69. The molecule has 1 aliphatic carbocycles. The van der Waals surface area contributed by atoms with Crippen molar-refractivity contribution in [2.24, 2.45) is 0 Å². The summed E-state index contributed by atoms with van der Waals surface area (Å²) in [5, 5.41) is 2.83. The molecule has 1 saturated carbocycles. The van der Waals surface area contributed by atoms with E-state index in [4.69, 9.17) is 9.15 Å². The highest BCUT2D eigenvalue weighted by Crippen LogP contribution is 2.34. The SMILES string of the molecule is COC1(CNC(=O)c2ccc(Br)o2)CCC1. The lowest BCUT2D eigenvalue weighted by Crippen LogP contribution is -2.49. The molecule has 2 rings (SSSR count). The highest BCUT2D eigenvalue weighted by molar-refractivity contribution is 9.10. The number of methoxy groups -OCH3 is 1. The summed E-state index contributed by atoms with van der Waals surface area (Å²) in [6.07, 6.45) is 3.17. The highest BCUT2D eigenvalue weighted by atomic mass is 79.9. The third-order valence-electron chi connectivity index (χ3n) is 3.07. The fourth-order valence-corrected chi connectivity index (χ4v) is 2.10. The predicted molar refractivity (Wildman–Crippen MR) is 62.3 cm³/mol. The van der Waals surface area contributed by atoms with Gasteiger partial charge >= 0.3 is 0 Å². The van der Waals surface area contributed by atoms with Crippen molar-refractivity contribution in [2.45, 2.75) is 24.9 Å². The standard InChI is InChI=1S/C11H14BrNO3/c1-15-11(5-2-6-11)7-13-10(14)8-3-4-9(12)16-8/h3-4H,2,5-7H2,1H3,(H,13,14). The lowest BCUT2D eigenvalue weighted by atomic mass is 9.80. The average molecular weight is 288 g/mol. The minimum absolute atomic E-state index is 0.153. The first kappa shape index (κ1) is 11.7. The molecule has 1 fully saturated rings. The van der Waals surface area contributed by atoms with Gasteiger partial charge in [0.25, 0.3) is 5.91 Å². The average Bonchev–Trinajstić information content (AvgIpc) is 2.64. The number of carbonyl (C=O) groups excluding carboxylic acids is 1. The number of halogens is 1. The van der Waals surface area contributed by atoms with Gasteiger partial charge in [0.2, 0.25) is 0 Å². The van der Waals surface area contributed by atoms with Gasteiger partial charge in [-0.2, -0.15) is 0 Å². The van der Waals surface area contributed by atoms with Crippen LogP contribution in [0.1, 0.15) is 29.8 Å². The van der Waals surface area contributed by atoms with Crippen LogP contribution in [0.25, 0.3) is 0 Å². The van der Waals surface area contributed by atoms with Gasteiger partial charge in [0.15, 0.2) is 10.4 Å². The molecule has 1 amide bonds. The van der Waals surface area contributed by atoms with Gasteiger partial charge in [-0.05, 0) is 47.3 Å². The van der Waals surface area contributed by atoms with Crippen molar-refractivity contribution in [3.63, 3.8) is 0 Å². The van der Waals surface area contributed by atoms with Gasteiger partial charge in [-0.25, -0.2) is 0 Å². The van der Waals surface area contributed by atoms with Gasteiger partial charge < -0.3 is 14.5 Å². The van der Waals surface area contributed by atoms with Crippen molar-refractivity contribution >= 4 is 21.8 Å². The van der Waals surface area contributed by atoms with Gasteiger partial charge in [-0.3, -0.25) is 4.79 Å². The molecule has 16 heavy (non-hydrogen) atoms. The molecule has 1 aromatic heterocycles. The minimum atomic E-state index is -0.200. The summed E-state index contributed by atoms with van der Waals surface area (Å²) in [5.74, 6) is 0.117. The molecule has 1 aromatic rings. The molecular formula is C11H14BrNO3. The molecule has 5 heteroatoms. The maximum atomic E-state index is 11.7. The first-order chi connectivity index (χ1) is 7.65. The Kier molecular flexibility index (Phi) is 3.35. The van der Waals surface area contributed by atoms with Crippen LogP contribution in [0.3, 0.4) is 0 Å². The number of hydrogen-bond acceptors (Lipinski definition) is 3. The molecule has 0 spiro atoms. The van der Waals surface area contributed by atoms with Crippen molar-refractivity contribution in [3.8, 4) is 0 Å². The summed E-state index contributed by atoms with van der Waals surface area (Å²) < 4.78 is 11.1. The van der Waals surface area contributed by atoms with Crippen molar-refractivity contribution in [2.75, 3.05) is 13.7 Å². The van der Waals surface area contributed by atoms with Crippen molar-refractivity contribution in [3.05, 3.63) is 22.6 Å². The zero-order valence-electron chi connectivity index (χ0n) is 9.09. The quantitative estimate of drug-likeness (QED) is 0.925. The molecule has 1 N–H and O–H groups in total. The second-order valence-corrected chi connectivity index (χ2v) is 4.81. The van der Waals surface area contributed by atoms with Crippen LogP contribution < -0.4 is 5.32 Å². The summed E-state index contributed by atoms with van der Waals surface area (Å²) in [4.78, 5) is 11.7. The van der Waals surface area contributed by atoms with Crippen molar-refractivity contribution < 1.29 is 13.9 Å². The van der Waals surface area contributed by atoms with Crippen molar-refractivity contribution in [1.29, 1.82) is 0 Å². The van der Waals surface area contributed by atoms with Crippen molar-refractivity contribution in [1.82, 2.24) is 5.32 Å². The molecule has 4 nitrogen and oxygen atoms in total. The zero-order chi connectivity index (χ0) is 11.6. The van der Waals surface area contributed by atoms with Crippen LogP contribution in [0.4, 0.5) is 0 Å².